The molecule has 1 aliphatic heterocycles. The Morgan fingerprint density at radius 3 is 2.65 bits per heavy atom. The van der Waals surface area contributed by atoms with Crippen molar-refractivity contribution in [1.29, 1.82) is 0 Å². The lowest BCUT2D eigenvalue weighted by Gasteiger charge is -2.28. The molecule has 0 aromatic carbocycles. The third-order valence-corrected chi connectivity index (χ3v) is 2.86. The summed E-state index contributed by atoms with van der Waals surface area (Å²) in [6, 6.07) is -0.154. The largest absolute Gasteiger partial charge is 0.480 e. The van der Waals surface area contributed by atoms with Crippen molar-refractivity contribution in [1.82, 2.24) is 4.90 Å². The van der Waals surface area contributed by atoms with Crippen LogP contribution in [0.15, 0.2) is 0 Å². The van der Waals surface area contributed by atoms with Crippen molar-refractivity contribution in [2.45, 2.75) is 31.7 Å². The molecule has 1 atom stereocenters. The van der Waals surface area contributed by atoms with Crippen molar-refractivity contribution in [3.05, 3.63) is 0 Å². The molecule has 1 unspecified atom stereocenters. The number of aliphatic hydroxyl groups is 1. The summed E-state index contributed by atoms with van der Waals surface area (Å²) in [6.07, 6.45) is 3.77. The Morgan fingerprint density at radius 2 is 2.00 bits per heavy atom. The molecule has 1 rings (SSSR count). The summed E-state index contributed by atoms with van der Waals surface area (Å²) in [7, 11) is 0. The molecule has 0 aromatic heterocycles. The fourth-order valence-electron chi connectivity index (χ4n) is 2.00. The first-order chi connectivity index (χ1) is 8.15. The molecule has 0 aromatic rings. The molecule has 0 bridgehead atoms. The van der Waals surface area contributed by atoms with Crippen LogP contribution in [0.3, 0.4) is 0 Å². The number of rotatable bonds is 5. The third-order valence-electron chi connectivity index (χ3n) is 2.86. The van der Waals surface area contributed by atoms with Crippen LogP contribution in [-0.2, 0) is 14.3 Å². The zero-order chi connectivity index (χ0) is 12.7. The van der Waals surface area contributed by atoms with Crippen LogP contribution in [0.4, 0.5) is 0 Å². The molecule has 6 heteroatoms. The van der Waals surface area contributed by atoms with E-state index in [9.17, 15) is 14.7 Å². The first kappa shape index (κ1) is 13.9. The summed E-state index contributed by atoms with van der Waals surface area (Å²) in [5.41, 5.74) is 0. The van der Waals surface area contributed by atoms with E-state index in [2.05, 4.69) is 0 Å². The SMILES string of the molecule is O=C(O)COCC(=O)N1CCCCCC1CO. The molecule has 1 amide bonds. The minimum atomic E-state index is -1.09. The maximum absolute atomic E-state index is 11.8. The molecule has 2 N–H and O–H groups in total. The quantitative estimate of drug-likeness (QED) is 0.703. The Labute approximate surface area is 100 Å². The van der Waals surface area contributed by atoms with Gasteiger partial charge in [0.1, 0.15) is 13.2 Å². The lowest BCUT2D eigenvalue weighted by atomic mass is 10.1. The van der Waals surface area contributed by atoms with Crippen LogP contribution in [0.1, 0.15) is 25.7 Å². The van der Waals surface area contributed by atoms with Crippen molar-refractivity contribution >= 4 is 11.9 Å². The van der Waals surface area contributed by atoms with E-state index in [0.717, 1.165) is 25.7 Å². The smallest absolute Gasteiger partial charge is 0.329 e. The standard InChI is InChI=1S/C11H19NO5/c13-6-9-4-2-1-3-5-12(9)10(14)7-17-8-11(15)16/h9,13H,1-8H2,(H,15,16). The number of aliphatic hydroxyl groups excluding tert-OH is 1. The monoisotopic (exact) mass is 245 g/mol. The van der Waals surface area contributed by atoms with Gasteiger partial charge in [-0.05, 0) is 12.8 Å². The van der Waals surface area contributed by atoms with E-state index < -0.39 is 12.6 Å². The maximum atomic E-state index is 11.8. The van der Waals surface area contributed by atoms with Gasteiger partial charge in [0.05, 0.1) is 12.6 Å². The highest BCUT2D eigenvalue weighted by Crippen LogP contribution is 2.16. The number of carboxylic acid groups (broad SMARTS) is 1. The minimum Gasteiger partial charge on any atom is -0.480 e. The van der Waals surface area contributed by atoms with Gasteiger partial charge in [0.15, 0.2) is 0 Å². The predicted molar refractivity (Wildman–Crippen MR) is 59.5 cm³/mol. The molecule has 0 radical (unpaired) electrons. The van der Waals surface area contributed by atoms with Crippen molar-refractivity contribution < 1.29 is 24.5 Å². The van der Waals surface area contributed by atoms with Gasteiger partial charge in [-0.2, -0.15) is 0 Å². The van der Waals surface area contributed by atoms with Gasteiger partial charge in [-0.15, -0.1) is 0 Å². The second-order valence-corrected chi connectivity index (χ2v) is 4.16. The molecule has 6 nitrogen and oxygen atoms in total. The average Bonchev–Trinajstić information content (AvgIpc) is 2.52. The van der Waals surface area contributed by atoms with E-state index >= 15 is 0 Å². The zero-order valence-corrected chi connectivity index (χ0v) is 9.80. The molecule has 1 fully saturated rings. The molecule has 17 heavy (non-hydrogen) atoms. The van der Waals surface area contributed by atoms with Crippen LogP contribution in [0.2, 0.25) is 0 Å². The molecule has 0 aliphatic carbocycles. The number of carbonyl (C=O) groups excluding carboxylic acids is 1. The van der Waals surface area contributed by atoms with Gasteiger partial charge in [-0.3, -0.25) is 4.79 Å². The van der Waals surface area contributed by atoms with Gasteiger partial charge in [0, 0.05) is 6.54 Å². The normalized spacial score (nSPS) is 21.0. The van der Waals surface area contributed by atoms with Crippen LogP contribution in [-0.4, -0.2) is 59.4 Å². The maximum Gasteiger partial charge on any atom is 0.329 e. The van der Waals surface area contributed by atoms with Crippen molar-refractivity contribution in [2.24, 2.45) is 0 Å². The number of carbonyl (C=O) groups is 2. The van der Waals surface area contributed by atoms with E-state index in [1.807, 2.05) is 0 Å². The number of hydrogen-bond donors (Lipinski definition) is 2. The molecule has 1 saturated heterocycles. The van der Waals surface area contributed by atoms with Crippen LogP contribution < -0.4 is 0 Å². The summed E-state index contributed by atoms with van der Waals surface area (Å²) < 4.78 is 4.77. The Kier molecular flexibility index (Phi) is 5.93. The summed E-state index contributed by atoms with van der Waals surface area (Å²) in [5, 5.41) is 17.6. The van der Waals surface area contributed by atoms with Crippen molar-refractivity contribution in [3.63, 3.8) is 0 Å². The van der Waals surface area contributed by atoms with E-state index in [1.165, 1.54) is 0 Å². The van der Waals surface area contributed by atoms with Gasteiger partial charge >= 0.3 is 5.97 Å². The van der Waals surface area contributed by atoms with E-state index in [1.54, 1.807) is 4.90 Å². The number of ether oxygens (including phenoxy) is 1. The van der Waals surface area contributed by atoms with E-state index in [0.29, 0.717) is 6.54 Å². The van der Waals surface area contributed by atoms with Gasteiger partial charge in [-0.1, -0.05) is 12.8 Å². The highest BCUT2D eigenvalue weighted by molar-refractivity contribution is 5.78. The van der Waals surface area contributed by atoms with Crippen LogP contribution in [0.5, 0.6) is 0 Å². The second kappa shape index (κ2) is 7.24. The third kappa shape index (κ3) is 4.70. The minimum absolute atomic E-state index is 0.0509. The topological polar surface area (TPSA) is 87.1 Å². The zero-order valence-electron chi connectivity index (χ0n) is 9.80. The number of likely N-dealkylation sites (tertiary alicyclic amines) is 1. The van der Waals surface area contributed by atoms with Gasteiger partial charge in [0.2, 0.25) is 5.91 Å². The molecular formula is C11H19NO5. The second-order valence-electron chi connectivity index (χ2n) is 4.16. The van der Waals surface area contributed by atoms with Gasteiger partial charge < -0.3 is 19.8 Å². The Hall–Kier alpha value is -1.14. The lowest BCUT2D eigenvalue weighted by molar-refractivity contribution is -0.147. The van der Waals surface area contributed by atoms with Crippen molar-refractivity contribution in [3.8, 4) is 0 Å². The Balaban J connectivity index is 2.43. The van der Waals surface area contributed by atoms with E-state index in [-0.39, 0.29) is 25.2 Å². The van der Waals surface area contributed by atoms with E-state index in [4.69, 9.17) is 9.84 Å². The summed E-state index contributed by atoms with van der Waals surface area (Å²) in [5.74, 6) is -1.33. The summed E-state index contributed by atoms with van der Waals surface area (Å²) >= 11 is 0. The molecular weight excluding hydrogens is 226 g/mol. The molecule has 1 heterocycles. The first-order valence-corrected chi connectivity index (χ1v) is 5.85. The summed E-state index contributed by atoms with van der Waals surface area (Å²) in [4.78, 5) is 23.6. The molecule has 0 saturated carbocycles. The predicted octanol–water partition coefficient (Wildman–Crippen LogP) is -0.149. The van der Waals surface area contributed by atoms with Crippen LogP contribution >= 0.6 is 0 Å². The number of carboxylic acids is 1. The Bertz CT molecular complexity index is 269. The van der Waals surface area contributed by atoms with Gasteiger partial charge in [-0.25, -0.2) is 4.79 Å². The average molecular weight is 245 g/mol. The molecule has 98 valence electrons. The number of aliphatic carboxylic acids is 1. The summed E-state index contributed by atoms with van der Waals surface area (Å²) in [6.45, 7) is -0.142. The highest BCUT2D eigenvalue weighted by Gasteiger charge is 2.24. The fraction of sp³-hybridized carbons (Fsp3) is 0.818. The first-order valence-electron chi connectivity index (χ1n) is 5.85. The number of amides is 1. The fourth-order valence-corrected chi connectivity index (χ4v) is 2.00. The molecule has 0 spiro atoms. The number of hydrogen-bond acceptors (Lipinski definition) is 4. The highest BCUT2D eigenvalue weighted by atomic mass is 16.5. The Morgan fingerprint density at radius 1 is 1.24 bits per heavy atom. The number of nitrogens with zero attached hydrogens (tertiary/aromatic N) is 1. The van der Waals surface area contributed by atoms with Crippen molar-refractivity contribution in [2.75, 3.05) is 26.4 Å². The molecule has 1 aliphatic rings. The lowest BCUT2D eigenvalue weighted by Crippen LogP contribution is -2.44. The van der Waals surface area contributed by atoms with Crippen LogP contribution in [0.25, 0.3) is 0 Å². The van der Waals surface area contributed by atoms with Gasteiger partial charge in [0.25, 0.3) is 0 Å². The van der Waals surface area contributed by atoms with Crippen LogP contribution in [0, 0.1) is 0 Å².